The molecule has 111 heavy (non-hydrogen) atoms. The van der Waals surface area contributed by atoms with Crippen LogP contribution >= 0.6 is 0 Å². The van der Waals surface area contributed by atoms with Gasteiger partial charge in [0.25, 0.3) is 11.6 Å². The fourth-order valence-corrected chi connectivity index (χ4v) is 13.7. The third kappa shape index (κ3) is 22.4. The molecule has 0 unspecified atom stereocenters. The predicted molar refractivity (Wildman–Crippen MR) is 347 cm³/mol. The number of aliphatic hydroxyl groups excluding tert-OH is 20. The summed E-state index contributed by atoms with van der Waals surface area (Å²) in [5.41, 5.74) is 0. The van der Waals surface area contributed by atoms with Crippen LogP contribution in [0, 0.1) is 0 Å². The molecular weight excluding hydrogens is 1520 g/mol. The Morgan fingerprint density at radius 3 is 1.18 bits per heavy atom. The number of amides is 4. The average Bonchev–Trinajstić information content (AvgIpc) is 0.774. The molecule has 4 amide bonds. The summed E-state index contributed by atoms with van der Waals surface area (Å²) in [6.45, 7) is -4.04. The van der Waals surface area contributed by atoms with Crippen molar-refractivity contribution in [2.75, 3.05) is 60.0 Å². The van der Waals surface area contributed by atoms with Crippen LogP contribution in [-0.2, 0) is 105 Å². The van der Waals surface area contributed by atoms with Gasteiger partial charge in [-0.2, -0.15) is 0 Å². The van der Waals surface area contributed by atoms with Gasteiger partial charge in [-0.3, -0.25) is 24.0 Å². The van der Waals surface area contributed by atoms with Crippen LogP contribution < -0.4 is 21.3 Å². The van der Waals surface area contributed by atoms with Gasteiger partial charge in [0, 0.05) is 53.6 Å². The smallest absolute Gasteiger partial charge is 0.364 e. The lowest BCUT2D eigenvalue weighted by Gasteiger charge is -2.50. The van der Waals surface area contributed by atoms with Crippen molar-refractivity contribution in [3.63, 3.8) is 0 Å². The van der Waals surface area contributed by atoms with Gasteiger partial charge in [0.05, 0.1) is 77.6 Å². The number of rotatable bonds is 36. The first-order valence-corrected chi connectivity index (χ1v) is 35.3. The third-order valence-electron chi connectivity index (χ3n) is 19.6. The van der Waals surface area contributed by atoms with E-state index in [2.05, 4.69) is 21.3 Å². The molecule has 7 rings (SSSR count). The molecular formula is C63H104N4O44. The molecule has 0 radical (unpaired) electrons. The number of aliphatic carboxylic acids is 2. The van der Waals surface area contributed by atoms with E-state index in [0.717, 1.165) is 27.7 Å². The summed E-state index contributed by atoms with van der Waals surface area (Å²) in [7, 11) is 1.18. The fraction of sp³-hybridized carbons (Fsp3) is 0.889. The largest absolute Gasteiger partial charge is 0.477 e. The van der Waals surface area contributed by atoms with E-state index in [0.29, 0.717) is 6.42 Å². The monoisotopic (exact) mass is 1620 g/mol. The van der Waals surface area contributed by atoms with Gasteiger partial charge in [-0.05, 0) is 12.8 Å². The molecule has 48 nitrogen and oxygen atoms in total. The second kappa shape index (κ2) is 41.2. The predicted octanol–water partition coefficient (Wildman–Crippen LogP) is -15.5. The van der Waals surface area contributed by atoms with E-state index in [1.807, 2.05) is 0 Å². The van der Waals surface area contributed by atoms with E-state index in [-0.39, 0.29) is 25.9 Å². The summed E-state index contributed by atoms with van der Waals surface area (Å²) >= 11 is 0. The Morgan fingerprint density at radius 2 is 0.784 bits per heavy atom. The Kier molecular flexibility index (Phi) is 34.5. The molecule has 0 spiro atoms. The van der Waals surface area contributed by atoms with E-state index >= 15 is 0 Å². The van der Waals surface area contributed by atoms with Crippen molar-refractivity contribution in [2.24, 2.45) is 0 Å². The van der Waals surface area contributed by atoms with Gasteiger partial charge in [-0.1, -0.05) is 6.42 Å². The number of hydrogen-bond donors (Lipinski definition) is 26. The molecule has 0 saturated carbocycles. The van der Waals surface area contributed by atoms with Crippen LogP contribution in [-0.4, -0.2) is 440 Å². The normalized spacial score (nSPS) is 41.9. The molecule has 0 bridgehead atoms. The Bertz CT molecular complexity index is 3010. The van der Waals surface area contributed by atoms with Crippen molar-refractivity contribution >= 4 is 41.5 Å². The maximum Gasteiger partial charge on any atom is 0.364 e. The van der Waals surface area contributed by atoms with Crippen molar-refractivity contribution in [2.45, 2.75) is 292 Å². The van der Waals surface area contributed by atoms with Crippen LogP contribution in [0.2, 0.25) is 0 Å². The number of ether oxygens (including phenoxy) is 15. The molecule has 26 N–H and O–H groups in total. The number of aliphatic hydroxyl groups is 20. The first kappa shape index (κ1) is 93.1. The number of carbonyl (C=O) groups excluding carboxylic acids is 5. The summed E-state index contributed by atoms with van der Waals surface area (Å²) in [4.78, 5) is 87.6. The number of carboxylic acid groups (broad SMARTS) is 2. The van der Waals surface area contributed by atoms with Gasteiger partial charge in [-0.25, -0.2) is 9.59 Å². The Hall–Kier alpha value is -5.07. The van der Waals surface area contributed by atoms with Crippen molar-refractivity contribution in [1.82, 2.24) is 21.3 Å². The van der Waals surface area contributed by atoms with Gasteiger partial charge >= 0.3 is 17.9 Å². The molecule has 7 heterocycles. The zero-order valence-electron chi connectivity index (χ0n) is 60.4. The zero-order valence-corrected chi connectivity index (χ0v) is 60.4. The molecule has 7 aliphatic heterocycles. The van der Waals surface area contributed by atoms with Crippen LogP contribution in [0.4, 0.5) is 0 Å². The molecule has 640 valence electrons. The number of esters is 1. The number of nitrogens with one attached hydrogen (secondary N) is 4. The van der Waals surface area contributed by atoms with Crippen molar-refractivity contribution in [3.05, 3.63) is 0 Å². The van der Waals surface area contributed by atoms with Gasteiger partial charge < -0.3 is 205 Å². The quantitative estimate of drug-likeness (QED) is 0.0205. The highest BCUT2D eigenvalue weighted by atomic mass is 16.8. The lowest BCUT2D eigenvalue weighted by Crippen LogP contribution is -2.70. The molecule has 7 aliphatic rings. The summed E-state index contributed by atoms with van der Waals surface area (Å²) in [6.07, 6.45) is -65.3. The second-order valence-electron chi connectivity index (χ2n) is 27.7. The molecule has 0 aromatic carbocycles. The van der Waals surface area contributed by atoms with Crippen LogP contribution in [0.25, 0.3) is 0 Å². The van der Waals surface area contributed by atoms with Gasteiger partial charge in [0.1, 0.15) is 159 Å². The van der Waals surface area contributed by atoms with E-state index in [4.69, 9.17) is 71.1 Å². The minimum atomic E-state index is -3.03. The second-order valence-corrected chi connectivity index (χ2v) is 27.7. The maximum atomic E-state index is 12.9. The molecule has 37 atom stereocenters. The Morgan fingerprint density at radius 1 is 0.414 bits per heavy atom. The maximum absolute atomic E-state index is 12.9. The number of carbonyl (C=O) groups is 7. The molecule has 7 saturated heterocycles. The average molecular weight is 1620 g/mol. The molecule has 0 aromatic heterocycles. The van der Waals surface area contributed by atoms with E-state index in [9.17, 15) is 146 Å². The van der Waals surface area contributed by atoms with Crippen molar-refractivity contribution in [1.29, 1.82) is 0 Å². The minimum Gasteiger partial charge on any atom is -0.477 e. The number of unbranched alkanes of at least 4 members (excludes halogenated alkanes) is 2. The molecule has 0 aliphatic carbocycles. The number of methoxy groups -OCH3 is 1. The van der Waals surface area contributed by atoms with E-state index < -0.39 is 327 Å². The summed E-state index contributed by atoms with van der Waals surface area (Å²) in [5, 5.41) is 250. The first-order valence-electron chi connectivity index (χ1n) is 35.3. The summed E-state index contributed by atoms with van der Waals surface area (Å²) < 4.78 is 86.7. The summed E-state index contributed by atoms with van der Waals surface area (Å²) in [5.74, 6) is -14.0. The Balaban J connectivity index is 1.07. The number of hydrogen-bond acceptors (Lipinski definition) is 42. The minimum absolute atomic E-state index is 0.00864. The van der Waals surface area contributed by atoms with Gasteiger partial charge in [0.2, 0.25) is 23.6 Å². The SMILES string of the molecule is COC(=O)CCCCCO[C@@H]1O[C@H](CO[C@@H]2O[C@H](CO)[C@@H](O[C@@H]3O[C@H](CO[C@@]4(C(=O)O)C[C@@H](O)[C@H](NC(C)=O)[C@@H]([C@H](O)[C@H](O)CO)O4)[C@H](O)[C@H](O)[C@H]3O)[C@H](O)[C@H]2NC(C)=O)[C@H](O)[C@H](O)[C@H]1O[C@@H]1O[C@H](CO)[C@@H](O[C@@H]2O[C@H](CO[C@]3(C(=O)O)C[C@H](O)[C@@H](NC(C)=O)[C@H]([C@H](O)[C@H](O)CO)O3)[C@H](O)[C@H](O)[C@H]2O)[C@H](O)[C@H]1NC(C)=O. The lowest BCUT2D eigenvalue weighted by molar-refractivity contribution is -0.378. The van der Waals surface area contributed by atoms with Crippen LogP contribution in [0.5, 0.6) is 0 Å². The van der Waals surface area contributed by atoms with Crippen LogP contribution in [0.15, 0.2) is 0 Å². The number of carboxylic acids is 2. The van der Waals surface area contributed by atoms with Crippen LogP contribution in [0.1, 0.15) is 66.2 Å². The highest BCUT2D eigenvalue weighted by molar-refractivity contribution is 5.78. The van der Waals surface area contributed by atoms with Crippen molar-refractivity contribution in [3.8, 4) is 0 Å². The van der Waals surface area contributed by atoms with Crippen LogP contribution in [0.3, 0.4) is 0 Å². The standard InChI is InChI=1S/C63H104N4O44/c1-20(72)64-34-24(76)11-62(60(93)94,110-52(34)38(81)26(78)13-68)100-18-31-40(83)45(88)48(91)57(104-31)107-50-28(15-70)102-55(36(43(50)86)66-22(3)74)99-17-30-42(85)47(90)54(59(106-30)98-10-8-6-7-9-33(80)97-5)109-56-37(67-23(4)75)44(87)51(29(16-71)103-56)108-58-49(92)46(89)41(84)32(105-58)19-101-63(61(95)96)12-25(77)35(65-21(2)73)53(111-63)39(82)27(79)14-69/h24-32,34-59,68-71,76-79,81-92H,6-19H2,1-5H3,(H,64,72)(H,65,73)(H,66,74)(H,67,75)(H,93,94)(H,95,96)/t24-,25+,26-,27-,28-,29-,30-,31-,32-,34+,35-,36-,37-,38-,39-,40+,41+,42+,43-,44-,45+,46+,47+,48-,49-,50-,51-,52+,53-,54-,55-,56+,57+,58+,59-,62+,63-/m1/s1. The summed E-state index contributed by atoms with van der Waals surface area (Å²) in [6, 6.07) is -6.92. The highest BCUT2D eigenvalue weighted by Gasteiger charge is 2.61. The van der Waals surface area contributed by atoms with Crippen molar-refractivity contribution < 1.29 is 217 Å². The molecule has 0 aromatic rings. The molecule has 48 heteroatoms. The van der Waals surface area contributed by atoms with Gasteiger partial charge in [0.15, 0.2) is 31.5 Å². The first-order chi connectivity index (χ1) is 52.2. The lowest BCUT2D eigenvalue weighted by atomic mass is 9.88. The van der Waals surface area contributed by atoms with Gasteiger partial charge in [-0.15, -0.1) is 0 Å². The van der Waals surface area contributed by atoms with E-state index in [1.54, 1.807) is 0 Å². The highest BCUT2D eigenvalue weighted by Crippen LogP contribution is 2.40. The zero-order chi connectivity index (χ0) is 82.6. The fourth-order valence-electron chi connectivity index (χ4n) is 13.7. The molecule has 7 fully saturated rings. The van der Waals surface area contributed by atoms with E-state index in [1.165, 1.54) is 7.11 Å². The topological polar surface area (TPSA) is 751 Å². The third-order valence-corrected chi connectivity index (χ3v) is 19.6. The Labute approximate surface area is 630 Å².